The van der Waals surface area contributed by atoms with Crippen molar-refractivity contribution < 1.29 is 9.72 Å². The molecule has 7 nitrogen and oxygen atoms in total. The summed E-state index contributed by atoms with van der Waals surface area (Å²) < 4.78 is 1.37. The third-order valence-corrected chi connectivity index (χ3v) is 3.77. The number of aryl methyl sites for hydroxylation is 2. The highest BCUT2D eigenvalue weighted by Crippen LogP contribution is 2.21. The van der Waals surface area contributed by atoms with Gasteiger partial charge in [-0.3, -0.25) is 19.6 Å². The zero-order valence-corrected chi connectivity index (χ0v) is 13.7. The van der Waals surface area contributed by atoms with E-state index >= 15 is 0 Å². The highest BCUT2D eigenvalue weighted by Gasteiger charge is 2.23. The minimum absolute atomic E-state index is 0.0376. The first-order valence-corrected chi connectivity index (χ1v) is 7.34. The fourth-order valence-electron chi connectivity index (χ4n) is 2.47. The number of carbonyl (C=O) groups excluding carboxylic acids is 1. The Kier molecular flexibility index (Phi) is 4.78. The van der Waals surface area contributed by atoms with Gasteiger partial charge in [-0.1, -0.05) is 29.8 Å². The van der Waals surface area contributed by atoms with E-state index in [1.165, 1.54) is 4.68 Å². The SMILES string of the molecule is Cc1ccc([C@@H](C)NC(=O)Cn2nc(C)c([N+](=O)[O-])c2C)cc1. The number of amides is 1. The Balaban J connectivity index is 2.06. The van der Waals surface area contributed by atoms with Gasteiger partial charge in [-0.05, 0) is 33.3 Å². The molecule has 1 atom stereocenters. The predicted molar refractivity (Wildman–Crippen MR) is 86.1 cm³/mol. The molecule has 122 valence electrons. The lowest BCUT2D eigenvalue weighted by Gasteiger charge is -2.15. The van der Waals surface area contributed by atoms with Crippen molar-refractivity contribution in [2.45, 2.75) is 40.3 Å². The van der Waals surface area contributed by atoms with Gasteiger partial charge < -0.3 is 5.32 Å². The number of carbonyl (C=O) groups is 1. The van der Waals surface area contributed by atoms with Gasteiger partial charge in [-0.2, -0.15) is 5.10 Å². The van der Waals surface area contributed by atoms with Crippen molar-refractivity contribution in [3.8, 4) is 0 Å². The maximum atomic E-state index is 12.2. The average Bonchev–Trinajstić information content (AvgIpc) is 2.73. The molecule has 1 aromatic heterocycles. The van der Waals surface area contributed by atoms with Crippen molar-refractivity contribution in [1.29, 1.82) is 0 Å². The quantitative estimate of drug-likeness (QED) is 0.678. The Morgan fingerprint density at radius 2 is 1.91 bits per heavy atom. The highest BCUT2D eigenvalue weighted by atomic mass is 16.6. The van der Waals surface area contributed by atoms with Crippen LogP contribution in [0.4, 0.5) is 5.69 Å². The molecular formula is C16H20N4O3. The van der Waals surface area contributed by atoms with Crippen LogP contribution in [0.15, 0.2) is 24.3 Å². The van der Waals surface area contributed by atoms with E-state index in [0.717, 1.165) is 11.1 Å². The van der Waals surface area contributed by atoms with E-state index < -0.39 is 4.92 Å². The Morgan fingerprint density at radius 3 is 2.43 bits per heavy atom. The average molecular weight is 316 g/mol. The zero-order chi connectivity index (χ0) is 17.1. The molecule has 0 aliphatic heterocycles. The number of aromatic nitrogens is 2. The summed E-state index contributed by atoms with van der Waals surface area (Å²) in [5.74, 6) is -0.237. The first kappa shape index (κ1) is 16.7. The van der Waals surface area contributed by atoms with Crippen LogP contribution in [0.3, 0.4) is 0 Å². The molecular weight excluding hydrogens is 296 g/mol. The number of hydrogen-bond acceptors (Lipinski definition) is 4. The van der Waals surface area contributed by atoms with Crippen molar-refractivity contribution in [3.63, 3.8) is 0 Å². The molecule has 0 aliphatic carbocycles. The van der Waals surface area contributed by atoms with Gasteiger partial charge in [0.1, 0.15) is 17.9 Å². The number of hydrogen-bond donors (Lipinski definition) is 1. The number of rotatable bonds is 5. The minimum atomic E-state index is -0.471. The molecule has 2 aromatic rings. The van der Waals surface area contributed by atoms with Crippen molar-refractivity contribution >= 4 is 11.6 Å². The van der Waals surface area contributed by atoms with Crippen molar-refractivity contribution in [1.82, 2.24) is 15.1 Å². The maximum absolute atomic E-state index is 12.2. The second-order valence-electron chi connectivity index (χ2n) is 5.63. The Labute approximate surface area is 134 Å². The molecule has 0 fully saturated rings. The summed E-state index contributed by atoms with van der Waals surface area (Å²) in [6.45, 7) is 7.01. The Morgan fingerprint density at radius 1 is 1.30 bits per heavy atom. The molecule has 0 saturated heterocycles. The summed E-state index contributed by atoms with van der Waals surface area (Å²) in [6.07, 6.45) is 0. The molecule has 23 heavy (non-hydrogen) atoms. The summed E-state index contributed by atoms with van der Waals surface area (Å²) >= 11 is 0. The topological polar surface area (TPSA) is 90.1 Å². The van der Waals surface area contributed by atoms with E-state index in [-0.39, 0.29) is 24.2 Å². The van der Waals surface area contributed by atoms with Crippen LogP contribution < -0.4 is 5.32 Å². The fraction of sp³-hybridized carbons (Fsp3) is 0.375. The van der Waals surface area contributed by atoms with Crippen LogP contribution in [0, 0.1) is 30.9 Å². The second kappa shape index (κ2) is 6.60. The summed E-state index contributed by atoms with van der Waals surface area (Å²) in [6, 6.07) is 7.77. The second-order valence-corrected chi connectivity index (χ2v) is 5.63. The van der Waals surface area contributed by atoms with E-state index in [0.29, 0.717) is 11.4 Å². The van der Waals surface area contributed by atoms with Crippen LogP contribution in [-0.4, -0.2) is 20.6 Å². The molecule has 0 bridgehead atoms. The van der Waals surface area contributed by atoms with Gasteiger partial charge >= 0.3 is 5.69 Å². The summed E-state index contributed by atoms with van der Waals surface area (Å²) in [5.41, 5.74) is 2.81. The molecule has 7 heteroatoms. The summed E-state index contributed by atoms with van der Waals surface area (Å²) in [7, 11) is 0. The van der Waals surface area contributed by atoms with Crippen molar-refractivity contribution in [2.75, 3.05) is 0 Å². The smallest absolute Gasteiger partial charge is 0.312 e. The molecule has 0 saturated carbocycles. The van der Waals surface area contributed by atoms with E-state index in [4.69, 9.17) is 0 Å². The molecule has 0 spiro atoms. The lowest BCUT2D eigenvalue weighted by atomic mass is 10.1. The van der Waals surface area contributed by atoms with Crippen molar-refractivity contribution in [3.05, 3.63) is 56.9 Å². The molecule has 1 amide bonds. The van der Waals surface area contributed by atoms with E-state index in [9.17, 15) is 14.9 Å². The Bertz CT molecular complexity index is 735. The van der Waals surface area contributed by atoms with Crippen LogP contribution >= 0.6 is 0 Å². The van der Waals surface area contributed by atoms with Crippen LogP contribution in [0.1, 0.15) is 35.5 Å². The van der Waals surface area contributed by atoms with E-state index in [1.807, 2.05) is 38.1 Å². The molecule has 1 heterocycles. The molecule has 0 unspecified atom stereocenters. The third kappa shape index (κ3) is 3.74. The minimum Gasteiger partial charge on any atom is -0.348 e. The zero-order valence-electron chi connectivity index (χ0n) is 13.7. The predicted octanol–water partition coefficient (Wildman–Crippen LogP) is 2.59. The van der Waals surface area contributed by atoms with Gasteiger partial charge in [-0.25, -0.2) is 0 Å². The molecule has 2 rings (SSSR count). The normalized spacial score (nSPS) is 12.0. The first-order valence-electron chi connectivity index (χ1n) is 7.34. The number of nitrogens with zero attached hydrogens (tertiary/aromatic N) is 3. The molecule has 1 N–H and O–H groups in total. The van der Waals surface area contributed by atoms with Gasteiger partial charge in [0.2, 0.25) is 5.91 Å². The van der Waals surface area contributed by atoms with Gasteiger partial charge in [0, 0.05) is 0 Å². The van der Waals surface area contributed by atoms with E-state index in [2.05, 4.69) is 10.4 Å². The lowest BCUT2D eigenvalue weighted by molar-refractivity contribution is -0.386. The maximum Gasteiger partial charge on any atom is 0.312 e. The van der Waals surface area contributed by atoms with Gasteiger partial charge in [0.25, 0.3) is 0 Å². The number of nitro groups is 1. The molecule has 0 aliphatic rings. The van der Waals surface area contributed by atoms with Gasteiger partial charge in [-0.15, -0.1) is 0 Å². The van der Waals surface area contributed by atoms with Crippen LogP contribution in [0.25, 0.3) is 0 Å². The largest absolute Gasteiger partial charge is 0.348 e. The third-order valence-electron chi connectivity index (χ3n) is 3.77. The van der Waals surface area contributed by atoms with Crippen LogP contribution in [-0.2, 0) is 11.3 Å². The van der Waals surface area contributed by atoms with Crippen molar-refractivity contribution in [2.24, 2.45) is 0 Å². The summed E-state index contributed by atoms with van der Waals surface area (Å²) in [5, 5.41) is 17.9. The van der Waals surface area contributed by atoms with Crippen LogP contribution in [0.5, 0.6) is 0 Å². The lowest BCUT2D eigenvalue weighted by Crippen LogP contribution is -2.30. The Hall–Kier alpha value is -2.70. The van der Waals surface area contributed by atoms with Gasteiger partial charge in [0.15, 0.2) is 0 Å². The van der Waals surface area contributed by atoms with Crippen LogP contribution in [0.2, 0.25) is 0 Å². The van der Waals surface area contributed by atoms with Gasteiger partial charge in [0.05, 0.1) is 11.0 Å². The monoisotopic (exact) mass is 316 g/mol. The van der Waals surface area contributed by atoms with E-state index in [1.54, 1.807) is 13.8 Å². The number of nitrogens with one attached hydrogen (secondary N) is 1. The summed E-state index contributed by atoms with van der Waals surface area (Å²) in [4.78, 5) is 22.7. The highest BCUT2D eigenvalue weighted by molar-refractivity contribution is 5.76. The standard InChI is InChI=1S/C16H20N4O3/c1-10-5-7-14(8-6-10)11(2)17-15(21)9-19-13(4)16(20(22)23)12(3)18-19/h5-8,11H,9H2,1-4H3,(H,17,21)/t11-/m1/s1. The first-order chi connectivity index (χ1) is 10.8. The molecule has 1 aromatic carbocycles. The number of benzene rings is 1. The fourth-order valence-corrected chi connectivity index (χ4v) is 2.47. The molecule has 0 radical (unpaired) electrons.